The molecule has 6 nitrogen and oxygen atoms in total. The molecule has 0 bridgehead atoms. The van der Waals surface area contributed by atoms with Gasteiger partial charge < -0.3 is 16.0 Å². The molecule has 2 rings (SSSR count). The second-order valence-corrected chi connectivity index (χ2v) is 6.11. The molecule has 1 aromatic rings. The van der Waals surface area contributed by atoms with Crippen molar-refractivity contribution >= 4 is 29.3 Å². The van der Waals surface area contributed by atoms with E-state index in [0.717, 1.165) is 24.8 Å². The molecule has 1 fully saturated rings. The van der Waals surface area contributed by atoms with Gasteiger partial charge in [0.05, 0.1) is 18.6 Å². The Hall–Kier alpha value is -2.08. The summed E-state index contributed by atoms with van der Waals surface area (Å²) in [6, 6.07) is 7.44. The fraction of sp³-hybridized carbons (Fsp3) is 0.438. The minimum absolute atomic E-state index is 0.117. The lowest BCUT2D eigenvalue weighted by Crippen LogP contribution is -2.53. The second-order valence-electron chi connectivity index (χ2n) is 5.68. The third-order valence-corrected chi connectivity index (χ3v) is 4.18. The highest BCUT2D eigenvalue weighted by Gasteiger charge is 2.39. The van der Waals surface area contributed by atoms with Gasteiger partial charge in [-0.05, 0) is 37.0 Å². The van der Waals surface area contributed by atoms with E-state index in [-0.39, 0.29) is 30.4 Å². The minimum atomic E-state index is -0.399. The van der Waals surface area contributed by atoms with Crippen molar-refractivity contribution in [3.63, 3.8) is 0 Å². The zero-order valence-corrected chi connectivity index (χ0v) is 13.7. The maximum absolute atomic E-state index is 12.1. The highest BCUT2D eigenvalue weighted by atomic mass is 35.5. The van der Waals surface area contributed by atoms with E-state index < -0.39 is 5.91 Å². The summed E-state index contributed by atoms with van der Waals surface area (Å²) in [4.78, 5) is 34.3. The van der Waals surface area contributed by atoms with E-state index in [1.54, 1.807) is 12.1 Å². The number of rotatable bonds is 6. The topological polar surface area (TPSA) is 87.3 Å². The summed E-state index contributed by atoms with van der Waals surface area (Å²) in [5.74, 6) is -0.943. The summed E-state index contributed by atoms with van der Waals surface area (Å²) < 4.78 is 0. The molecular weight excluding hydrogens is 318 g/mol. The predicted octanol–water partition coefficient (Wildman–Crippen LogP) is 1.09. The molecule has 0 saturated heterocycles. The number of nitrogens with one attached hydrogen (secondary N) is 3. The van der Waals surface area contributed by atoms with Crippen LogP contribution in [-0.4, -0.2) is 30.8 Å². The highest BCUT2D eigenvalue weighted by molar-refractivity contribution is 6.30. The molecule has 7 heteroatoms. The van der Waals surface area contributed by atoms with Crippen LogP contribution in [0.5, 0.6) is 0 Å². The van der Waals surface area contributed by atoms with Crippen molar-refractivity contribution < 1.29 is 14.4 Å². The molecule has 23 heavy (non-hydrogen) atoms. The van der Waals surface area contributed by atoms with Crippen molar-refractivity contribution in [2.24, 2.45) is 0 Å². The van der Waals surface area contributed by atoms with Gasteiger partial charge in [0, 0.05) is 11.9 Å². The van der Waals surface area contributed by atoms with Crippen molar-refractivity contribution in [3.05, 3.63) is 34.9 Å². The first-order chi connectivity index (χ1) is 10.9. The summed E-state index contributed by atoms with van der Waals surface area (Å²) >= 11 is 5.90. The van der Waals surface area contributed by atoms with Gasteiger partial charge in [-0.25, -0.2) is 0 Å². The molecule has 0 atom stereocenters. The van der Waals surface area contributed by atoms with E-state index in [1.165, 1.54) is 6.92 Å². The van der Waals surface area contributed by atoms with Crippen LogP contribution in [0, 0.1) is 0 Å². The lowest BCUT2D eigenvalue weighted by Gasteiger charge is -2.43. The van der Waals surface area contributed by atoms with E-state index in [4.69, 9.17) is 11.6 Å². The third-order valence-electron chi connectivity index (χ3n) is 3.93. The lowest BCUT2D eigenvalue weighted by molar-refractivity contribution is -0.128. The molecule has 0 aliphatic heterocycles. The molecule has 3 N–H and O–H groups in total. The van der Waals surface area contributed by atoms with Gasteiger partial charge in [0.1, 0.15) is 0 Å². The van der Waals surface area contributed by atoms with Gasteiger partial charge >= 0.3 is 0 Å². The van der Waals surface area contributed by atoms with E-state index in [0.29, 0.717) is 5.02 Å². The summed E-state index contributed by atoms with van der Waals surface area (Å²) in [6.07, 6.45) is 2.76. The number of carbonyl (C=O) groups is 3. The monoisotopic (exact) mass is 337 g/mol. The van der Waals surface area contributed by atoms with E-state index >= 15 is 0 Å². The standard InChI is InChI=1S/C16H20ClN3O3/c1-11(21)18-9-14(22)19-10-15(23)20-16(7-2-8-16)12-3-5-13(17)6-4-12/h3-6H,2,7-10H2,1H3,(H,18,21)(H,19,22)(H,20,23). The average molecular weight is 338 g/mol. The largest absolute Gasteiger partial charge is 0.347 e. The van der Waals surface area contributed by atoms with E-state index in [9.17, 15) is 14.4 Å². The first kappa shape index (κ1) is 17.3. The highest BCUT2D eigenvalue weighted by Crippen LogP contribution is 2.41. The van der Waals surface area contributed by atoms with Gasteiger partial charge in [0.25, 0.3) is 0 Å². The van der Waals surface area contributed by atoms with Crippen LogP contribution >= 0.6 is 11.6 Å². The van der Waals surface area contributed by atoms with Crippen LogP contribution in [0.3, 0.4) is 0 Å². The van der Waals surface area contributed by atoms with Gasteiger partial charge in [0.15, 0.2) is 0 Å². The van der Waals surface area contributed by atoms with Crippen LogP contribution < -0.4 is 16.0 Å². The first-order valence-electron chi connectivity index (χ1n) is 7.49. The Morgan fingerprint density at radius 1 is 1.04 bits per heavy atom. The van der Waals surface area contributed by atoms with Crippen molar-refractivity contribution in [3.8, 4) is 0 Å². The van der Waals surface area contributed by atoms with Gasteiger partial charge in [-0.15, -0.1) is 0 Å². The molecule has 1 aliphatic rings. The first-order valence-corrected chi connectivity index (χ1v) is 7.87. The van der Waals surface area contributed by atoms with Crippen LogP contribution in [0.4, 0.5) is 0 Å². The van der Waals surface area contributed by atoms with Crippen molar-refractivity contribution in [1.29, 1.82) is 0 Å². The molecule has 1 aromatic carbocycles. The Balaban J connectivity index is 1.87. The molecule has 1 saturated carbocycles. The van der Waals surface area contributed by atoms with Crippen LogP contribution in [0.1, 0.15) is 31.7 Å². The zero-order chi connectivity index (χ0) is 16.9. The summed E-state index contributed by atoms with van der Waals surface area (Å²) in [6.45, 7) is 1.07. The van der Waals surface area contributed by atoms with Gasteiger partial charge in [0.2, 0.25) is 17.7 Å². The molecule has 0 spiro atoms. The van der Waals surface area contributed by atoms with E-state index in [2.05, 4.69) is 16.0 Å². The normalized spacial score (nSPS) is 15.2. The number of halogens is 1. The van der Waals surface area contributed by atoms with Crippen molar-refractivity contribution in [1.82, 2.24) is 16.0 Å². The van der Waals surface area contributed by atoms with Crippen LogP contribution in [0.2, 0.25) is 5.02 Å². The Kier molecular flexibility index (Phi) is 5.60. The molecule has 1 aliphatic carbocycles. The number of amides is 3. The minimum Gasteiger partial charge on any atom is -0.347 e. The summed E-state index contributed by atoms with van der Waals surface area (Å²) in [7, 11) is 0. The van der Waals surface area contributed by atoms with Gasteiger partial charge in [-0.2, -0.15) is 0 Å². The number of benzene rings is 1. The zero-order valence-electron chi connectivity index (χ0n) is 12.9. The Morgan fingerprint density at radius 3 is 2.17 bits per heavy atom. The molecule has 0 radical (unpaired) electrons. The smallest absolute Gasteiger partial charge is 0.240 e. The van der Waals surface area contributed by atoms with Crippen LogP contribution in [0.15, 0.2) is 24.3 Å². The maximum Gasteiger partial charge on any atom is 0.240 e. The fourth-order valence-corrected chi connectivity index (χ4v) is 2.67. The van der Waals surface area contributed by atoms with Crippen LogP contribution in [-0.2, 0) is 19.9 Å². The summed E-state index contributed by atoms with van der Waals surface area (Å²) in [5.41, 5.74) is 0.649. The molecule has 3 amide bonds. The fourth-order valence-electron chi connectivity index (χ4n) is 2.54. The number of hydrogen-bond donors (Lipinski definition) is 3. The molecule has 0 heterocycles. The predicted molar refractivity (Wildman–Crippen MR) is 86.8 cm³/mol. The SMILES string of the molecule is CC(=O)NCC(=O)NCC(=O)NC1(c2ccc(Cl)cc2)CCC1. The second kappa shape index (κ2) is 7.46. The number of carbonyl (C=O) groups excluding carboxylic acids is 3. The maximum atomic E-state index is 12.1. The van der Waals surface area contributed by atoms with Crippen molar-refractivity contribution in [2.45, 2.75) is 31.7 Å². The third kappa shape index (κ3) is 4.69. The van der Waals surface area contributed by atoms with Crippen molar-refractivity contribution in [2.75, 3.05) is 13.1 Å². The summed E-state index contributed by atoms with van der Waals surface area (Å²) in [5, 5.41) is 8.51. The molecule has 0 aromatic heterocycles. The average Bonchev–Trinajstić information content (AvgIpc) is 2.47. The Bertz CT molecular complexity index is 597. The molecule has 124 valence electrons. The number of hydrogen-bond acceptors (Lipinski definition) is 3. The molecular formula is C16H20ClN3O3. The van der Waals surface area contributed by atoms with Gasteiger partial charge in [-0.1, -0.05) is 23.7 Å². The quantitative estimate of drug-likeness (QED) is 0.726. The Morgan fingerprint density at radius 2 is 1.65 bits per heavy atom. The van der Waals surface area contributed by atoms with Gasteiger partial charge in [-0.3, -0.25) is 14.4 Å². The van der Waals surface area contributed by atoms with Crippen LogP contribution in [0.25, 0.3) is 0 Å². The van der Waals surface area contributed by atoms with E-state index in [1.807, 2.05) is 12.1 Å². The lowest BCUT2D eigenvalue weighted by atomic mass is 9.72. The Labute approximate surface area is 140 Å². The molecule has 0 unspecified atom stereocenters.